The number of amides is 1. The number of nitrogen functional groups attached to an aromatic ring is 1. The molecule has 0 heterocycles. The highest BCUT2D eigenvalue weighted by atomic mass is 16.4. The molecule has 0 saturated heterocycles. The molecule has 1 rings (SSSR count). The Labute approximate surface area is 119 Å². The molecule has 20 heavy (non-hydrogen) atoms. The van der Waals surface area contributed by atoms with Gasteiger partial charge in [-0.2, -0.15) is 0 Å². The smallest absolute Gasteiger partial charge is 0.310 e. The number of carboxylic acids is 1. The fourth-order valence-electron chi connectivity index (χ4n) is 1.63. The third kappa shape index (κ3) is 3.50. The van der Waals surface area contributed by atoms with Crippen LogP contribution in [0.5, 0.6) is 0 Å². The van der Waals surface area contributed by atoms with Crippen molar-refractivity contribution in [2.45, 2.75) is 33.1 Å². The van der Waals surface area contributed by atoms with Gasteiger partial charge in [-0.15, -0.1) is 0 Å². The Bertz CT molecular complexity index is 504. The van der Waals surface area contributed by atoms with Gasteiger partial charge < -0.3 is 16.2 Å². The SMILES string of the molecule is CC(C)(CNC(=O)C(C)(C)c1ccc(N)cc1)C(=O)O. The van der Waals surface area contributed by atoms with E-state index in [9.17, 15) is 9.59 Å². The zero-order valence-electron chi connectivity index (χ0n) is 12.4. The first-order chi connectivity index (χ1) is 9.07. The monoisotopic (exact) mass is 278 g/mol. The number of aliphatic carboxylic acids is 1. The minimum Gasteiger partial charge on any atom is -0.481 e. The largest absolute Gasteiger partial charge is 0.481 e. The van der Waals surface area contributed by atoms with Crippen molar-refractivity contribution in [2.75, 3.05) is 12.3 Å². The average molecular weight is 278 g/mol. The van der Waals surface area contributed by atoms with Crippen molar-refractivity contribution in [2.24, 2.45) is 5.41 Å². The summed E-state index contributed by atoms with van der Waals surface area (Å²) in [5, 5.41) is 11.7. The molecule has 0 saturated carbocycles. The van der Waals surface area contributed by atoms with Crippen LogP contribution in [0.2, 0.25) is 0 Å². The van der Waals surface area contributed by atoms with Crippen molar-refractivity contribution in [3.63, 3.8) is 0 Å². The van der Waals surface area contributed by atoms with Crippen molar-refractivity contribution in [1.29, 1.82) is 0 Å². The van der Waals surface area contributed by atoms with Crippen LogP contribution in [0.4, 0.5) is 5.69 Å². The van der Waals surface area contributed by atoms with E-state index in [-0.39, 0.29) is 12.5 Å². The number of hydrogen-bond acceptors (Lipinski definition) is 3. The topological polar surface area (TPSA) is 92.4 Å². The van der Waals surface area contributed by atoms with E-state index in [1.54, 1.807) is 52.0 Å². The average Bonchev–Trinajstić information content (AvgIpc) is 2.36. The molecule has 0 spiro atoms. The van der Waals surface area contributed by atoms with Crippen molar-refractivity contribution >= 4 is 17.6 Å². The van der Waals surface area contributed by atoms with Gasteiger partial charge in [0, 0.05) is 12.2 Å². The van der Waals surface area contributed by atoms with Crippen LogP contribution in [0.15, 0.2) is 24.3 Å². The van der Waals surface area contributed by atoms with Crippen LogP contribution in [0.25, 0.3) is 0 Å². The van der Waals surface area contributed by atoms with Crippen LogP contribution in [-0.2, 0) is 15.0 Å². The molecule has 0 aromatic heterocycles. The summed E-state index contributed by atoms with van der Waals surface area (Å²) in [6.07, 6.45) is 0. The van der Waals surface area contributed by atoms with Crippen LogP contribution in [0, 0.1) is 5.41 Å². The molecule has 0 atom stereocenters. The van der Waals surface area contributed by atoms with Gasteiger partial charge in [0.1, 0.15) is 0 Å². The number of anilines is 1. The number of carboxylic acid groups (broad SMARTS) is 1. The second-order valence-corrected chi connectivity index (χ2v) is 6.12. The number of benzene rings is 1. The summed E-state index contributed by atoms with van der Waals surface area (Å²) < 4.78 is 0. The van der Waals surface area contributed by atoms with E-state index in [4.69, 9.17) is 10.8 Å². The summed E-state index contributed by atoms with van der Waals surface area (Å²) in [5.41, 5.74) is 5.36. The summed E-state index contributed by atoms with van der Waals surface area (Å²) in [7, 11) is 0. The Hall–Kier alpha value is -2.04. The van der Waals surface area contributed by atoms with Gasteiger partial charge >= 0.3 is 5.97 Å². The lowest BCUT2D eigenvalue weighted by atomic mass is 9.83. The van der Waals surface area contributed by atoms with Gasteiger partial charge in [0.25, 0.3) is 0 Å². The van der Waals surface area contributed by atoms with Crippen LogP contribution < -0.4 is 11.1 Å². The van der Waals surface area contributed by atoms with E-state index in [0.29, 0.717) is 5.69 Å². The predicted molar refractivity (Wildman–Crippen MR) is 78.3 cm³/mol. The van der Waals surface area contributed by atoms with Gasteiger partial charge in [-0.05, 0) is 45.4 Å². The molecule has 4 N–H and O–H groups in total. The van der Waals surface area contributed by atoms with E-state index >= 15 is 0 Å². The standard InChI is InChI=1S/C15H22N2O3/c1-14(2,13(19)20)9-17-12(18)15(3,4)10-5-7-11(16)8-6-10/h5-8H,9,16H2,1-4H3,(H,17,18)(H,19,20). The minimum absolute atomic E-state index is 0.0829. The maximum Gasteiger partial charge on any atom is 0.310 e. The molecular formula is C15H22N2O3. The summed E-state index contributed by atoms with van der Waals surface area (Å²) in [6.45, 7) is 6.82. The van der Waals surface area contributed by atoms with E-state index in [1.165, 1.54) is 0 Å². The number of nitrogens with one attached hydrogen (secondary N) is 1. The number of nitrogens with two attached hydrogens (primary N) is 1. The first-order valence-corrected chi connectivity index (χ1v) is 6.45. The van der Waals surface area contributed by atoms with Crippen LogP contribution >= 0.6 is 0 Å². The van der Waals surface area contributed by atoms with Crippen molar-refractivity contribution in [3.8, 4) is 0 Å². The van der Waals surface area contributed by atoms with Gasteiger partial charge in [-0.3, -0.25) is 9.59 Å². The molecule has 0 bridgehead atoms. The Morgan fingerprint density at radius 1 is 1.15 bits per heavy atom. The third-order valence-corrected chi connectivity index (χ3v) is 3.47. The molecular weight excluding hydrogens is 256 g/mol. The molecule has 5 nitrogen and oxygen atoms in total. The highest BCUT2D eigenvalue weighted by Gasteiger charge is 2.33. The van der Waals surface area contributed by atoms with Crippen molar-refractivity contribution < 1.29 is 14.7 Å². The Morgan fingerprint density at radius 3 is 2.10 bits per heavy atom. The molecule has 0 radical (unpaired) electrons. The van der Waals surface area contributed by atoms with E-state index in [2.05, 4.69) is 5.32 Å². The summed E-state index contributed by atoms with van der Waals surface area (Å²) in [6, 6.07) is 7.09. The second kappa shape index (κ2) is 5.53. The summed E-state index contributed by atoms with van der Waals surface area (Å²) in [5.74, 6) is -1.15. The second-order valence-electron chi connectivity index (χ2n) is 6.12. The lowest BCUT2D eigenvalue weighted by Crippen LogP contribution is -2.45. The number of hydrogen-bond donors (Lipinski definition) is 3. The summed E-state index contributed by atoms with van der Waals surface area (Å²) >= 11 is 0. The highest BCUT2D eigenvalue weighted by molar-refractivity contribution is 5.88. The Morgan fingerprint density at radius 2 is 1.65 bits per heavy atom. The van der Waals surface area contributed by atoms with Gasteiger partial charge in [-0.25, -0.2) is 0 Å². The molecule has 5 heteroatoms. The Balaban J connectivity index is 2.80. The Kier molecular flexibility index (Phi) is 4.43. The van der Waals surface area contributed by atoms with Gasteiger partial charge in [0.05, 0.1) is 10.8 Å². The lowest BCUT2D eigenvalue weighted by molar-refractivity contribution is -0.146. The number of rotatable bonds is 5. The normalized spacial score (nSPS) is 12.0. The maximum atomic E-state index is 12.3. The van der Waals surface area contributed by atoms with Crippen LogP contribution in [0.1, 0.15) is 33.3 Å². The van der Waals surface area contributed by atoms with Gasteiger partial charge in [0.15, 0.2) is 0 Å². The van der Waals surface area contributed by atoms with E-state index < -0.39 is 16.8 Å². The highest BCUT2D eigenvalue weighted by Crippen LogP contribution is 2.25. The molecule has 0 unspecified atom stereocenters. The first-order valence-electron chi connectivity index (χ1n) is 6.45. The number of carbonyl (C=O) groups is 2. The van der Waals surface area contributed by atoms with Crippen molar-refractivity contribution in [3.05, 3.63) is 29.8 Å². The van der Waals surface area contributed by atoms with Crippen LogP contribution in [-0.4, -0.2) is 23.5 Å². The molecule has 0 fully saturated rings. The van der Waals surface area contributed by atoms with Gasteiger partial charge in [0.2, 0.25) is 5.91 Å². The molecule has 110 valence electrons. The number of carbonyl (C=O) groups excluding carboxylic acids is 1. The fraction of sp³-hybridized carbons (Fsp3) is 0.467. The van der Waals surface area contributed by atoms with E-state index in [1.807, 2.05) is 0 Å². The van der Waals surface area contributed by atoms with Crippen molar-refractivity contribution in [1.82, 2.24) is 5.32 Å². The summed E-state index contributed by atoms with van der Waals surface area (Å²) in [4.78, 5) is 23.3. The van der Waals surface area contributed by atoms with Gasteiger partial charge in [-0.1, -0.05) is 12.1 Å². The molecule has 0 aliphatic heterocycles. The molecule has 0 aliphatic rings. The van der Waals surface area contributed by atoms with Crippen LogP contribution in [0.3, 0.4) is 0 Å². The molecule has 1 amide bonds. The lowest BCUT2D eigenvalue weighted by Gasteiger charge is -2.27. The minimum atomic E-state index is -0.993. The maximum absolute atomic E-state index is 12.3. The molecule has 1 aromatic carbocycles. The zero-order valence-corrected chi connectivity index (χ0v) is 12.4. The predicted octanol–water partition coefficient (Wildman–Crippen LogP) is 1.77. The zero-order chi connectivity index (χ0) is 15.6. The fourth-order valence-corrected chi connectivity index (χ4v) is 1.63. The first kappa shape index (κ1) is 16.0. The molecule has 0 aliphatic carbocycles. The molecule has 1 aromatic rings. The third-order valence-electron chi connectivity index (χ3n) is 3.47. The van der Waals surface area contributed by atoms with E-state index in [0.717, 1.165) is 5.56 Å². The quantitative estimate of drug-likeness (QED) is 0.716.